The molecule has 0 fully saturated rings. The van der Waals surface area contributed by atoms with Crippen LogP contribution in [-0.4, -0.2) is 34.0 Å². The number of amides is 1. The number of benzene rings is 1. The Bertz CT molecular complexity index is 1150. The summed E-state index contributed by atoms with van der Waals surface area (Å²) in [6.45, 7) is 1.44. The van der Waals surface area contributed by atoms with E-state index in [4.69, 9.17) is 9.15 Å². The lowest BCUT2D eigenvalue weighted by molar-refractivity contribution is 0.0947. The van der Waals surface area contributed by atoms with Gasteiger partial charge in [-0.05, 0) is 30.7 Å². The van der Waals surface area contributed by atoms with Gasteiger partial charge in [0.1, 0.15) is 11.5 Å². The van der Waals surface area contributed by atoms with Crippen LogP contribution in [0.3, 0.4) is 0 Å². The fourth-order valence-corrected chi connectivity index (χ4v) is 3.27. The molecule has 0 bridgehead atoms. The third-order valence-corrected chi connectivity index (χ3v) is 4.74. The van der Waals surface area contributed by atoms with Crippen molar-refractivity contribution in [1.29, 1.82) is 0 Å². The van der Waals surface area contributed by atoms with Crippen molar-refractivity contribution in [2.24, 2.45) is 0 Å². The van der Waals surface area contributed by atoms with E-state index < -0.39 is 0 Å². The normalized spacial score (nSPS) is 11.1. The topological polar surface area (TPSA) is 91.3 Å². The van der Waals surface area contributed by atoms with Crippen LogP contribution >= 0.6 is 0 Å². The number of furan rings is 1. The van der Waals surface area contributed by atoms with Crippen molar-refractivity contribution in [2.45, 2.75) is 19.5 Å². The summed E-state index contributed by atoms with van der Waals surface area (Å²) in [6, 6.07) is 12.7. The van der Waals surface area contributed by atoms with Gasteiger partial charge in [0.25, 0.3) is 11.5 Å². The Kier molecular flexibility index (Phi) is 5.76. The zero-order valence-electron chi connectivity index (χ0n) is 16.6. The molecule has 2 aliphatic rings. The molecule has 4 rings (SSSR count). The van der Waals surface area contributed by atoms with Crippen LogP contribution in [0, 0.1) is 0 Å². The SMILES string of the molecule is COCCCn1cc(C(=O)NCc2ccco2)c2nn(-c3ccccc3)c(=O)c-2c1. The van der Waals surface area contributed by atoms with Crippen LogP contribution in [0.5, 0.6) is 0 Å². The molecule has 0 saturated heterocycles. The number of methoxy groups -OCH3 is 1. The average Bonchev–Trinajstić information content (AvgIpc) is 3.41. The summed E-state index contributed by atoms with van der Waals surface area (Å²) in [5.74, 6) is 0.318. The number of para-hydroxylation sites is 1. The van der Waals surface area contributed by atoms with E-state index in [1.807, 2.05) is 22.8 Å². The Hall–Kier alpha value is -3.65. The van der Waals surface area contributed by atoms with Gasteiger partial charge in [-0.3, -0.25) is 9.59 Å². The quantitative estimate of drug-likeness (QED) is 0.454. The van der Waals surface area contributed by atoms with E-state index in [2.05, 4.69) is 10.4 Å². The predicted molar refractivity (Wildman–Crippen MR) is 111 cm³/mol. The van der Waals surface area contributed by atoms with Crippen LogP contribution in [0.15, 0.2) is 70.3 Å². The summed E-state index contributed by atoms with van der Waals surface area (Å²) < 4.78 is 13.5. The summed E-state index contributed by atoms with van der Waals surface area (Å²) >= 11 is 0. The van der Waals surface area contributed by atoms with E-state index in [9.17, 15) is 9.59 Å². The highest BCUT2D eigenvalue weighted by Crippen LogP contribution is 2.22. The van der Waals surface area contributed by atoms with Gasteiger partial charge in [0.05, 0.1) is 29.6 Å². The van der Waals surface area contributed by atoms with Crippen LogP contribution < -0.4 is 10.9 Å². The number of pyridine rings is 1. The van der Waals surface area contributed by atoms with E-state index in [1.165, 1.54) is 4.68 Å². The van der Waals surface area contributed by atoms with Crippen LogP contribution in [0.2, 0.25) is 0 Å². The Morgan fingerprint density at radius 1 is 1.17 bits per heavy atom. The monoisotopic (exact) mass is 406 g/mol. The molecular formula is C22H22N4O4. The number of carbonyl (C=O) groups is 1. The zero-order chi connectivity index (χ0) is 20.9. The number of rotatable bonds is 8. The number of hydrogen-bond donors (Lipinski definition) is 1. The largest absolute Gasteiger partial charge is 0.467 e. The fourth-order valence-electron chi connectivity index (χ4n) is 3.27. The molecule has 0 spiro atoms. The minimum Gasteiger partial charge on any atom is -0.467 e. The zero-order valence-corrected chi connectivity index (χ0v) is 16.6. The van der Waals surface area contributed by atoms with Gasteiger partial charge in [-0.25, -0.2) is 0 Å². The second-order valence-corrected chi connectivity index (χ2v) is 6.83. The molecule has 1 aromatic carbocycles. The van der Waals surface area contributed by atoms with Crippen molar-refractivity contribution in [3.63, 3.8) is 0 Å². The van der Waals surface area contributed by atoms with E-state index in [-0.39, 0.29) is 18.0 Å². The number of carbonyl (C=O) groups excluding carboxylic acids is 1. The third kappa shape index (κ3) is 4.04. The molecule has 8 nitrogen and oxygen atoms in total. The van der Waals surface area contributed by atoms with Crippen LogP contribution in [-0.2, 0) is 17.8 Å². The van der Waals surface area contributed by atoms with Crippen molar-refractivity contribution in [2.75, 3.05) is 13.7 Å². The van der Waals surface area contributed by atoms with E-state index in [0.717, 1.165) is 6.42 Å². The molecule has 1 N–H and O–H groups in total. The standard InChI is InChI=1S/C22H22N4O4/c1-29-11-6-10-25-14-18(21(27)23-13-17-9-5-12-30-17)20-19(15-25)22(28)26(24-20)16-7-3-2-4-8-16/h2-5,7-9,12,14-15H,6,10-11,13H2,1H3,(H,23,27). The lowest BCUT2D eigenvalue weighted by Crippen LogP contribution is -2.24. The number of nitrogens with one attached hydrogen (secondary N) is 1. The number of aryl methyl sites for hydroxylation is 1. The maximum atomic E-state index is 13.0. The van der Waals surface area contributed by atoms with Gasteiger partial charge >= 0.3 is 0 Å². The van der Waals surface area contributed by atoms with Gasteiger partial charge < -0.3 is 19.0 Å². The molecule has 30 heavy (non-hydrogen) atoms. The Balaban J connectivity index is 1.73. The number of hydrogen-bond acceptors (Lipinski definition) is 5. The van der Waals surface area contributed by atoms with Gasteiger partial charge in [0.15, 0.2) is 0 Å². The molecule has 1 aromatic heterocycles. The van der Waals surface area contributed by atoms with Gasteiger partial charge in [-0.2, -0.15) is 9.78 Å². The van der Waals surface area contributed by atoms with Crippen LogP contribution in [0.4, 0.5) is 0 Å². The predicted octanol–water partition coefficient (Wildman–Crippen LogP) is 2.70. The summed E-state index contributed by atoms with van der Waals surface area (Å²) in [5, 5.41) is 7.30. The number of aromatic nitrogens is 3. The van der Waals surface area contributed by atoms with Crippen molar-refractivity contribution in [3.05, 3.63) is 82.8 Å². The molecule has 3 heterocycles. The van der Waals surface area contributed by atoms with E-state index in [1.54, 1.807) is 50.0 Å². The van der Waals surface area contributed by atoms with Crippen molar-refractivity contribution >= 4 is 5.91 Å². The number of fused-ring (bicyclic) bond motifs is 1. The molecule has 0 aliphatic carbocycles. The highest BCUT2D eigenvalue weighted by Gasteiger charge is 2.24. The first-order valence-electron chi connectivity index (χ1n) is 9.65. The lowest BCUT2D eigenvalue weighted by atomic mass is 10.1. The number of ether oxygens (including phenoxy) is 1. The summed E-state index contributed by atoms with van der Waals surface area (Å²) in [5.41, 5.74) is 1.47. The molecule has 8 heteroatoms. The first-order valence-corrected chi connectivity index (χ1v) is 9.65. The van der Waals surface area contributed by atoms with Crippen LogP contribution in [0.1, 0.15) is 22.5 Å². The van der Waals surface area contributed by atoms with E-state index in [0.29, 0.717) is 41.4 Å². The van der Waals surface area contributed by atoms with Crippen LogP contribution in [0.25, 0.3) is 16.9 Å². The maximum Gasteiger partial charge on any atom is 0.282 e. The van der Waals surface area contributed by atoms with Crippen molar-refractivity contribution in [3.8, 4) is 16.9 Å². The fraction of sp³-hybridized carbons (Fsp3) is 0.227. The molecule has 0 saturated carbocycles. The summed E-state index contributed by atoms with van der Waals surface area (Å²) in [4.78, 5) is 26.0. The Morgan fingerprint density at radius 3 is 2.73 bits per heavy atom. The molecule has 1 amide bonds. The highest BCUT2D eigenvalue weighted by molar-refractivity contribution is 5.99. The van der Waals surface area contributed by atoms with Crippen molar-refractivity contribution < 1.29 is 13.9 Å². The smallest absolute Gasteiger partial charge is 0.282 e. The average molecular weight is 406 g/mol. The number of nitrogens with zero attached hydrogens (tertiary/aromatic N) is 3. The van der Waals surface area contributed by atoms with Gasteiger partial charge in [-0.15, -0.1) is 0 Å². The Labute approximate surface area is 173 Å². The molecule has 2 aromatic rings. The van der Waals surface area contributed by atoms with Gasteiger partial charge in [0.2, 0.25) is 0 Å². The van der Waals surface area contributed by atoms with Gasteiger partial charge in [-0.1, -0.05) is 18.2 Å². The minimum absolute atomic E-state index is 0.246. The highest BCUT2D eigenvalue weighted by atomic mass is 16.5. The molecular weight excluding hydrogens is 384 g/mol. The Morgan fingerprint density at radius 2 is 2.00 bits per heavy atom. The minimum atomic E-state index is -0.324. The second kappa shape index (κ2) is 8.79. The third-order valence-electron chi connectivity index (χ3n) is 4.74. The summed E-state index contributed by atoms with van der Waals surface area (Å²) in [6.07, 6.45) is 5.76. The molecule has 2 aliphatic heterocycles. The van der Waals surface area contributed by atoms with Gasteiger partial charge in [0, 0.05) is 32.7 Å². The summed E-state index contributed by atoms with van der Waals surface area (Å²) in [7, 11) is 1.64. The lowest BCUT2D eigenvalue weighted by Gasteiger charge is -2.12. The van der Waals surface area contributed by atoms with E-state index >= 15 is 0 Å². The molecule has 0 atom stereocenters. The first-order chi connectivity index (χ1) is 14.7. The molecule has 154 valence electrons. The molecule has 0 unspecified atom stereocenters. The molecule has 0 radical (unpaired) electrons. The second-order valence-electron chi connectivity index (χ2n) is 6.83. The maximum absolute atomic E-state index is 13.0. The first kappa shape index (κ1) is 19.7. The van der Waals surface area contributed by atoms with Crippen molar-refractivity contribution in [1.82, 2.24) is 19.7 Å².